The summed E-state index contributed by atoms with van der Waals surface area (Å²) in [6.45, 7) is 2.08. The Labute approximate surface area is 176 Å². The molecule has 0 radical (unpaired) electrons. The second-order valence-electron chi connectivity index (χ2n) is 7.30. The van der Waals surface area contributed by atoms with Gasteiger partial charge in [0.25, 0.3) is 0 Å². The summed E-state index contributed by atoms with van der Waals surface area (Å²) in [6.07, 6.45) is 6.75. The van der Waals surface area contributed by atoms with Gasteiger partial charge in [-0.2, -0.15) is 5.10 Å². The summed E-state index contributed by atoms with van der Waals surface area (Å²) >= 11 is 0. The van der Waals surface area contributed by atoms with Crippen LogP contribution in [0, 0.1) is 6.92 Å². The molecule has 0 amide bonds. The predicted molar refractivity (Wildman–Crippen MR) is 118 cm³/mol. The van der Waals surface area contributed by atoms with Gasteiger partial charge in [0.2, 0.25) is 0 Å². The van der Waals surface area contributed by atoms with Crippen molar-refractivity contribution in [3.05, 3.63) is 72.9 Å². The first-order valence-corrected chi connectivity index (χ1v) is 9.79. The van der Waals surface area contributed by atoms with Crippen LogP contribution < -0.4 is 0 Å². The van der Waals surface area contributed by atoms with Gasteiger partial charge in [-0.05, 0) is 30.7 Å². The highest BCUT2D eigenvalue weighted by atomic mass is 15.2. The van der Waals surface area contributed by atoms with Crippen LogP contribution in [-0.4, -0.2) is 40.1 Å². The average molecular weight is 404 g/mol. The summed E-state index contributed by atoms with van der Waals surface area (Å²) in [7, 11) is 0. The molecular formula is C23H16N8. The largest absolute Gasteiger partial charge is 0.335 e. The molecule has 0 unspecified atom stereocenters. The molecule has 0 saturated carbocycles. The van der Waals surface area contributed by atoms with Crippen LogP contribution in [0.4, 0.5) is 0 Å². The summed E-state index contributed by atoms with van der Waals surface area (Å²) in [4.78, 5) is 25.5. The molecule has 0 bridgehead atoms. The second kappa shape index (κ2) is 6.81. The van der Waals surface area contributed by atoms with Crippen LogP contribution in [0.25, 0.3) is 56.1 Å². The zero-order chi connectivity index (χ0) is 20.8. The molecule has 0 aliphatic rings. The first kappa shape index (κ1) is 17.4. The van der Waals surface area contributed by atoms with E-state index in [0.29, 0.717) is 17.2 Å². The normalized spacial score (nSPS) is 11.4. The average Bonchev–Trinajstić information content (AvgIpc) is 3.43. The van der Waals surface area contributed by atoms with Crippen molar-refractivity contribution < 1.29 is 0 Å². The lowest BCUT2D eigenvalue weighted by atomic mass is 10.0. The SMILES string of the molecule is Cc1cccc(-c2ccnc3nc(-c4n[nH]c5ccc(-c6cncnc6)nc45)[nH]c23)c1. The molecule has 0 aliphatic heterocycles. The van der Waals surface area contributed by atoms with E-state index in [1.54, 1.807) is 18.6 Å². The Morgan fingerprint density at radius 1 is 0.903 bits per heavy atom. The van der Waals surface area contributed by atoms with Crippen LogP contribution in [0.2, 0.25) is 0 Å². The molecule has 6 aromatic rings. The second-order valence-corrected chi connectivity index (χ2v) is 7.30. The summed E-state index contributed by atoms with van der Waals surface area (Å²) in [5, 5.41) is 7.51. The molecule has 31 heavy (non-hydrogen) atoms. The number of imidazole rings is 1. The van der Waals surface area contributed by atoms with Crippen LogP contribution in [0.5, 0.6) is 0 Å². The van der Waals surface area contributed by atoms with E-state index in [1.165, 1.54) is 11.9 Å². The number of H-pyrrole nitrogens is 2. The number of aromatic nitrogens is 8. The number of nitrogens with one attached hydrogen (secondary N) is 2. The van der Waals surface area contributed by atoms with E-state index in [1.807, 2.05) is 24.3 Å². The van der Waals surface area contributed by atoms with E-state index in [4.69, 9.17) is 9.97 Å². The molecule has 0 saturated heterocycles. The van der Waals surface area contributed by atoms with Gasteiger partial charge in [0.1, 0.15) is 11.8 Å². The van der Waals surface area contributed by atoms with Gasteiger partial charge < -0.3 is 4.98 Å². The topological polar surface area (TPSA) is 109 Å². The predicted octanol–water partition coefficient (Wildman–Crippen LogP) is 4.33. The van der Waals surface area contributed by atoms with Crippen LogP contribution in [0.3, 0.4) is 0 Å². The maximum absolute atomic E-state index is 4.79. The number of hydrogen-bond donors (Lipinski definition) is 2. The third kappa shape index (κ3) is 2.93. The number of rotatable bonds is 3. The third-order valence-corrected chi connectivity index (χ3v) is 5.21. The summed E-state index contributed by atoms with van der Waals surface area (Å²) in [5.41, 5.74) is 8.64. The Balaban J connectivity index is 1.52. The molecule has 0 fully saturated rings. The van der Waals surface area contributed by atoms with Gasteiger partial charge in [-0.1, -0.05) is 29.8 Å². The summed E-state index contributed by atoms with van der Waals surface area (Å²) in [6, 6.07) is 14.2. The van der Waals surface area contributed by atoms with Crippen LogP contribution in [0.15, 0.2) is 67.4 Å². The lowest BCUT2D eigenvalue weighted by Crippen LogP contribution is -1.88. The smallest absolute Gasteiger partial charge is 0.178 e. The molecule has 0 spiro atoms. The van der Waals surface area contributed by atoms with Crippen molar-refractivity contribution in [3.8, 4) is 33.9 Å². The minimum atomic E-state index is 0.614. The minimum absolute atomic E-state index is 0.614. The van der Waals surface area contributed by atoms with Crippen LogP contribution in [-0.2, 0) is 0 Å². The van der Waals surface area contributed by atoms with Gasteiger partial charge in [-0.3, -0.25) is 5.10 Å². The van der Waals surface area contributed by atoms with Gasteiger partial charge in [-0.25, -0.2) is 24.9 Å². The Kier molecular flexibility index (Phi) is 3.82. The van der Waals surface area contributed by atoms with Crippen molar-refractivity contribution in [1.82, 2.24) is 40.1 Å². The van der Waals surface area contributed by atoms with E-state index in [0.717, 1.165) is 38.9 Å². The van der Waals surface area contributed by atoms with E-state index >= 15 is 0 Å². The Morgan fingerprint density at radius 3 is 2.68 bits per heavy atom. The first-order chi connectivity index (χ1) is 15.3. The van der Waals surface area contributed by atoms with Gasteiger partial charge in [-0.15, -0.1) is 0 Å². The molecule has 8 heteroatoms. The van der Waals surface area contributed by atoms with Crippen molar-refractivity contribution in [3.63, 3.8) is 0 Å². The minimum Gasteiger partial charge on any atom is -0.335 e. The fourth-order valence-electron chi connectivity index (χ4n) is 3.73. The molecule has 1 aromatic carbocycles. The number of hydrogen-bond acceptors (Lipinski definition) is 6. The zero-order valence-corrected chi connectivity index (χ0v) is 16.5. The molecule has 5 heterocycles. The Morgan fingerprint density at radius 2 is 1.81 bits per heavy atom. The van der Waals surface area contributed by atoms with E-state index < -0.39 is 0 Å². The third-order valence-electron chi connectivity index (χ3n) is 5.21. The molecular weight excluding hydrogens is 388 g/mol. The highest BCUT2D eigenvalue weighted by molar-refractivity contribution is 5.94. The van der Waals surface area contributed by atoms with E-state index in [-0.39, 0.29) is 0 Å². The fraction of sp³-hybridized carbons (Fsp3) is 0.0435. The highest BCUT2D eigenvalue weighted by Crippen LogP contribution is 2.31. The lowest BCUT2D eigenvalue weighted by Gasteiger charge is -2.03. The van der Waals surface area contributed by atoms with Crippen molar-refractivity contribution in [2.45, 2.75) is 6.92 Å². The number of aryl methyl sites for hydroxylation is 1. The zero-order valence-electron chi connectivity index (χ0n) is 16.5. The summed E-state index contributed by atoms with van der Waals surface area (Å²) < 4.78 is 0. The van der Waals surface area contributed by atoms with Gasteiger partial charge >= 0.3 is 0 Å². The number of nitrogens with zero attached hydrogens (tertiary/aromatic N) is 6. The van der Waals surface area contributed by atoms with Crippen LogP contribution in [0.1, 0.15) is 5.56 Å². The van der Waals surface area contributed by atoms with Crippen molar-refractivity contribution in [2.75, 3.05) is 0 Å². The van der Waals surface area contributed by atoms with Gasteiger partial charge in [0, 0.05) is 29.7 Å². The maximum atomic E-state index is 4.79. The standard InChI is InChI=1S/C23H16N8/c1-13-3-2-4-14(9-13)16-7-8-26-22-19(16)28-23(29-22)21-20-18(30-31-21)6-5-17(27-20)15-10-24-12-25-11-15/h2-12H,1H3,(H,30,31)(H,26,28,29). The number of pyridine rings is 2. The molecule has 2 N–H and O–H groups in total. The Bertz CT molecular complexity index is 1550. The summed E-state index contributed by atoms with van der Waals surface area (Å²) in [5.74, 6) is 0.614. The number of aromatic amines is 2. The monoisotopic (exact) mass is 404 g/mol. The quantitative estimate of drug-likeness (QED) is 0.454. The van der Waals surface area contributed by atoms with Crippen molar-refractivity contribution in [1.29, 1.82) is 0 Å². The molecule has 0 atom stereocenters. The molecule has 148 valence electrons. The fourth-order valence-corrected chi connectivity index (χ4v) is 3.73. The van der Waals surface area contributed by atoms with Crippen molar-refractivity contribution in [2.24, 2.45) is 0 Å². The first-order valence-electron chi connectivity index (χ1n) is 9.79. The highest BCUT2D eigenvalue weighted by Gasteiger charge is 2.17. The molecule has 5 aromatic heterocycles. The van der Waals surface area contributed by atoms with E-state index in [9.17, 15) is 0 Å². The molecule has 8 nitrogen and oxygen atoms in total. The molecule has 6 rings (SSSR count). The number of benzene rings is 1. The lowest BCUT2D eigenvalue weighted by molar-refractivity contribution is 1.10. The van der Waals surface area contributed by atoms with Gasteiger partial charge in [0.05, 0.1) is 16.7 Å². The van der Waals surface area contributed by atoms with E-state index in [2.05, 4.69) is 55.3 Å². The van der Waals surface area contributed by atoms with Crippen LogP contribution >= 0.6 is 0 Å². The maximum Gasteiger partial charge on any atom is 0.178 e. The molecule has 0 aliphatic carbocycles. The Hall–Kier alpha value is -4.46. The van der Waals surface area contributed by atoms with Gasteiger partial charge in [0.15, 0.2) is 17.2 Å². The number of fused-ring (bicyclic) bond motifs is 2. The van der Waals surface area contributed by atoms with Crippen molar-refractivity contribution >= 4 is 22.2 Å².